The first-order valence-corrected chi connectivity index (χ1v) is 8.30. The van der Waals surface area contributed by atoms with Gasteiger partial charge in [0.1, 0.15) is 0 Å². The molecule has 0 bridgehead atoms. The zero-order chi connectivity index (χ0) is 13.9. The smallest absolute Gasteiger partial charge is 0.215 e. The summed E-state index contributed by atoms with van der Waals surface area (Å²) in [4.78, 5) is 0. The highest BCUT2D eigenvalue weighted by atomic mass is 32.2. The highest BCUT2D eigenvalue weighted by molar-refractivity contribution is 7.90. The molecule has 0 saturated heterocycles. The molecule has 1 saturated carbocycles. The molecule has 2 rings (SSSR count). The van der Waals surface area contributed by atoms with Crippen molar-refractivity contribution in [1.82, 2.24) is 10.0 Å². The van der Waals surface area contributed by atoms with E-state index in [1.54, 1.807) is 6.92 Å². The van der Waals surface area contributed by atoms with Crippen molar-refractivity contribution in [3.05, 3.63) is 35.4 Å². The number of aryl methyl sites for hydroxylation is 1. The summed E-state index contributed by atoms with van der Waals surface area (Å²) in [7, 11) is -3.26. The van der Waals surface area contributed by atoms with Crippen molar-refractivity contribution in [2.24, 2.45) is 0 Å². The molecule has 0 heterocycles. The third kappa shape index (κ3) is 4.30. The summed E-state index contributed by atoms with van der Waals surface area (Å²) in [6.45, 7) is 4.62. The van der Waals surface area contributed by atoms with Crippen molar-refractivity contribution < 1.29 is 8.42 Å². The molecule has 1 fully saturated rings. The minimum absolute atomic E-state index is 0.364. The maximum atomic E-state index is 12.1. The molecule has 0 amide bonds. The van der Waals surface area contributed by atoms with Gasteiger partial charge < -0.3 is 5.32 Å². The van der Waals surface area contributed by atoms with Gasteiger partial charge in [0, 0.05) is 19.1 Å². The van der Waals surface area contributed by atoms with Crippen LogP contribution in [0.15, 0.2) is 24.3 Å². The number of rotatable bonds is 7. The Labute approximate surface area is 115 Å². The largest absolute Gasteiger partial charge is 0.313 e. The average molecular weight is 282 g/mol. The van der Waals surface area contributed by atoms with Crippen LogP contribution in [0.2, 0.25) is 0 Å². The molecule has 5 heteroatoms. The normalized spacial score (nSPS) is 17.4. The molecular weight excluding hydrogens is 260 g/mol. The van der Waals surface area contributed by atoms with E-state index < -0.39 is 15.3 Å². The highest BCUT2D eigenvalue weighted by Crippen LogP contribution is 2.18. The molecule has 1 aliphatic rings. The summed E-state index contributed by atoms with van der Waals surface area (Å²) in [6, 6.07) is 8.35. The fourth-order valence-electron chi connectivity index (χ4n) is 1.86. The van der Waals surface area contributed by atoms with E-state index in [-0.39, 0.29) is 0 Å². The molecule has 106 valence electrons. The number of hydrogen-bond acceptors (Lipinski definition) is 3. The second kappa shape index (κ2) is 6.03. The van der Waals surface area contributed by atoms with Crippen molar-refractivity contribution in [1.29, 1.82) is 0 Å². The van der Waals surface area contributed by atoms with Gasteiger partial charge in [0.05, 0.1) is 5.25 Å². The molecule has 4 nitrogen and oxygen atoms in total. The van der Waals surface area contributed by atoms with Gasteiger partial charge in [-0.25, -0.2) is 13.1 Å². The van der Waals surface area contributed by atoms with Crippen molar-refractivity contribution in [3.8, 4) is 0 Å². The lowest BCUT2D eigenvalue weighted by Gasteiger charge is -2.15. The van der Waals surface area contributed by atoms with E-state index in [4.69, 9.17) is 0 Å². The van der Waals surface area contributed by atoms with Crippen molar-refractivity contribution >= 4 is 10.0 Å². The first-order valence-electron chi connectivity index (χ1n) is 6.75. The van der Waals surface area contributed by atoms with Gasteiger partial charge in [-0.3, -0.25) is 0 Å². The number of hydrogen-bond donors (Lipinski definition) is 2. The van der Waals surface area contributed by atoms with Gasteiger partial charge in [0.15, 0.2) is 0 Å². The van der Waals surface area contributed by atoms with Crippen molar-refractivity contribution in [2.75, 3.05) is 6.54 Å². The number of benzene rings is 1. The Bertz CT molecular complexity index is 524. The molecule has 1 aromatic carbocycles. The van der Waals surface area contributed by atoms with Crippen LogP contribution in [0.1, 0.15) is 30.9 Å². The van der Waals surface area contributed by atoms with Crippen molar-refractivity contribution in [2.45, 2.75) is 44.5 Å². The van der Waals surface area contributed by atoms with Gasteiger partial charge in [-0.1, -0.05) is 24.3 Å². The summed E-state index contributed by atoms with van der Waals surface area (Å²) in [5.74, 6) is 0. The van der Waals surface area contributed by atoms with Crippen LogP contribution in [0.4, 0.5) is 0 Å². The lowest BCUT2D eigenvalue weighted by molar-refractivity contribution is 0.557. The van der Waals surface area contributed by atoms with Crippen LogP contribution in [0.5, 0.6) is 0 Å². The summed E-state index contributed by atoms with van der Waals surface area (Å²) in [5, 5.41) is 2.85. The Morgan fingerprint density at radius 1 is 1.32 bits per heavy atom. The summed E-state index contributed by atoms with van der Waals surface area (Å²) in [6.07, 6.45) is 2.34. The Hall–Kier alpha value is -0.910. The van der Waals surface area contributed by atoms with E-state index in [0.717, 1.165) is 11.1 Å². The first kappa shape index (κ1) is 14.5. The maximum absolute atomic E-state index is 12.1. The molecule has 1 aromatic rings. The van der Waals surface area contributed by atoms with Crippen LogP contribution < -0.4 is 10.0 Å². The quantitative estimate of drug-likeness (QED) is 0.798. The molecule has 19 heavy (non-hydrogen) atoms. The predicted octanol–water partition coefficient (Wildman–Crippen LogP) is 1.55. The Morgan fingerprint density at radius 2 is 2.00 bits per heavy atom. The zero-order valence-corrected chi connectivity index (χ0v) is 12.3. The number of nitrogens with one attached hydrogen (secondary N) is 2. The molecule has 2 N–H and O–H groups in total. The lowest BCUT2D eigenvalue weighted by atomic mass is 10.1. The van der Waals surface area contributed by atoms with Gasteiger partial charge in [-0.05, 0) is 37.8 Å². The Kier molecular flexibility index (Phi) is 4.60. The predicted molar refractivity (Wildman–Crippen MR) is 77.4 cm³/mol. The third-order valence-corrected chi connectivity index (χ3v) is 5.30. The third-order valence-electron chi connectivity index (χ3n) is 3.53. The van der Waals surface area contributed by atoms with E-state index in [0.29, 0.717) is 19.1 Å². The van der Waals surface area contributed by atoms with Crippen LogP contribution in [-0.2, 0) is 16.6 Å². The topological polar surface area (TPSA) is 58.2 Å². The van der Waals surface area contributed by atoms with E-state index >= 15 is 0 Å². The van der Waals surface area contributed by atoms with Crippen molar-refractivity contribution in [3.63, 3.8) is 0 Å². The van der Waals surface area contributed by atoms with Crippen LogP contribution in [0, 0.1) is 6.92 Å². The molecule has 0 spiro atoms. The fourth-order valence-corrected chi connectivity index (χ4v) is 2.82. The van der Waals surface area contributed by atoms with E-state index in [9.17, 15) is 8.42 Å². The highest BCUT2D eigenvalue weighted by Gasteiger charge is 2.25. The van der Waals surface area contributed by atoms with Crippen LogP contribution in [-0.4, -0.2) is 26.3 Å². The molecular formula is C14H22N2O2S. The van der Waals surface area contributed by atoms with Crippen LogP contribution in [0.3, 0.4) is 0 Å². The van der Waals surface area contributed by atoms with Gasteiger partial charge in [-0.15, -0.1) is 0 Å². The van der Waals surface area contributed by atoms with Gasteiger partial charge in [0.25, 0.3) is 0 Å². The van der Waals surface area contributed by atoms with E-state index in [2.05, 4.69) is 10.0 Å². The Morgan fingerprint density at radius 3 is 2.63 bits per heavy atom. The van der Waals surface area contributed by atoms with E-state index in [1.807, 2.05) is 31.2 Å². The average Bonchev–Trinajstić information content (AvgIpc) is 3.19. The zero-order valence-electron chi connectivity index (χ0n) is 11.5. The molecule has 1 unspecified atom stereocenters. The summed E-state index contributed by atoms with van der Waals surface area (Å²) in [5.41, 5.74) is 2.13. The maximum Gasteiger partial charge on any atom is 0.215 e. The number of sulfonamides is 1. The summed E-state index contributed by atoms with van der Waals surface area (Å²) >= 11 is 0. The molecule has 0 radical (unpaired) electrons. The monoisotopic (exact) mass is 282 g/mol. The lowest BCUT2D eigenvalue weighted by Crippen LogP contribution is -2.39. The standard InChI is InChI=1S/C14H22N2O2S/c1-11-5-3-4-6-13(11)10-16-19(17,18)12(2)9-15-14-7-8-14/h3-6,12,14-16H,7-10H2,1-2H3. The van der Waals surface area contributed by atoms with Gasteiger partial charge in [-0.2, -0.15) is 0 Å². The van der Waals surface area contributed by atoms with E-state index in [1.165, 1.54) is 12.8 Å². The van der Waals surface area contributed by atoms with Crippen LogP contribution >= 0.6 is 0 Å². The minimum atomic E-state index is -3.26. The molecule has 1 atom stereocenters. The second-order valence-corrected chi connectivity index (χ2v) is 7.47. The van der Waals surface area contributed by atoms with Crippen LogP contribution in [0.25, 0.3) is 0 Å². The first-order chi connectivity index (χ1) is 8.99. The molecule has 0 aromatic heterocycles. The second-order valence-electron chi connectivity index (χ2n) is 5.29. The fraction of sp³-hybridized carbons (Fsp3) is 0.571. The van der Waals surface area contributed by atoms with Gasteiger partial charge >= 0.3 is 0 Å². The SMILES string of the molecule is Cc1ccccc1CNS(=O)(=O)C(C)CNC1CC1. The van der Waals surface area contributed by atoms with Gasteiger partial charge in [0.2, 0.25) is 10.0 Å². The molecule has 1 aliphatic carbocycles. The summed E-state index contributed by atoms with van der Waals surface area (Å²) < 4.78 is 26.9. The molecule has 0 aliphatic heterocycles. The Balaban J connectivity index is 1.87. The minimum Gasteiger partial charge on any atom is -0.313 e.